The van der Waals surface area contributed by atoms with E-state index in [9.17, 15) is 9.59 Å². The first kappa shape index (κ1) is 22.8. The second kappa shape index (κ2) is 9.62. The largest absolute Gasteiger partial charge is 0.332 e. The van der Waals surface area contributed by atoms with Crippen LogP contribution in [0.1, 0.15) is 30.8 Å². The van der Waals surface area contributed by atoms with E-state index < -0.39 is 0 Å². The number of para-hydroxylation sites is 1. The molecule has 0 aliphatic heterocycles. The van der Waals surface area contributed by atoms with Crippen molar-refractivity contribution in [3.63, 3.8) is 0 Å². The molecule has 33 heavy (non-hydrogen) atoms. The molecule has 0 atom stereocenters. The fourth-order valence-electron chi connectivity index (χ4n) is 3.70. The summed E-state index contributed by atoms with van der Waals surface area (Å²) in [5, 5.41) is 1.30. The van der Waals surface area contributed by atoms with Crippen molar-refractivity contribution >= 4 is 28.6 Å². The van der Waals surface area contributed by atoms with Crippen molar-refractivity contribution in [1.29, 1.82) is 0 Å². The van der Waals surface area contributed by atoms with Gasteiger partial charge in [0.1, 0.15) is 5.82 Å². The molecule has 4 rings (SSSR count). The Morgan fingerprint density at radius 2 is 1.97 bits per heavy atom. The molecule has 1 amide bonds. The van der Waals surface area contributed by atoms with Crippen LogP contribution in [0.4, 0.5) is 0 Å². The normalized spacial score (nSPS) is 11.3. The highest BCUT2D eigenvalue weighted by atomic mass is 32.2. The van der Waals surface area contributed by atoms with Crippen LogP contribution in [-0.4, -0.2) is 42.1 Å². The number of carbonyl (C=O) groups excluding carboxylic acids is 1. The number of aromatic nitrogens is 4. The van der Waals surface area contributed by atoms with Crippen LogP contribution in [-0.2, 0) is 11.3 Å². The molecule has 0 fully saturated rings. The van der Waals surface area contributed by atoms with Crippen LogP contribution in [0, 0.1) is 13.8 Å². The average Bonchev–Trinajstić information content (AvgIpc) is 3.25. The lowest BCUT2D eigenvalue weighted by Gasteiger charge is -2.26. The summed E-state index contributed by atoms with van der Waals surface area (Å²) in [6.45, 7) is 8.27. The van der Waals surface area contributed by atoms with Gasteiger partial charge < -0.3 is 9.88 Å². The first-order valence-electron chi connectivity index (χ1n) is 10.8. The summed E-state index contributed by atoms with van der Waals surface area (Å²) in [5.74, 6) is 0.668. The van der Waals surface area contributed by atoms with Gasteiger partial charge in [-0.1, -0.05) is 36.0 Å². The molecule has 4 aromatic rings. The Bertz CT molecular complexity index is 1360. The van der Waals surface area contributed by atoms with Crippen LogP contribution in [0.15, 0.2) is 64.8 Å². The summed E-state index contributed by atoms with van der Waals surface area (Å²) < 4.78 is 2.02. The van der Waals surface area contributed by atoms with Gasteiger partial charge in [0.25, 0.3) is 5.56 Å². The van der Waals surface area contributed by atoms with Gasteiger partial charge in [0.2, 0.25) is 5.91 Å². The van der Waals surface area contributed by atoms with Crippen molar-refractivity contribution in [3.8, 4) is 5.69 Å². The lowest BCUT2D eigenvalue weighted by molar-refractivity contribution is -0.130. The Morgan fingerprint density at radius 1 is 1.18 bits per heavy atom. The summed E-state index contributed by atoms with van der Waals surface area (Å²) in [4.78, 5) is 39.1. The maximum Gasteiger partial charge on any atom is 0.258 e. The minimum atomic E-state index is -0.198. The zero-order chi connectivity index (χ0) is 23.5. The van der Waals surface area contributed by atoms with Gasteiger partial charge >= 0.3 is 0 Å². The third-order valence-electron chi connectivity index (χ3n) is 5.48. The number of hydrogen-bond acceptors (Lipinski definition) is 5. The van der Waals surface area contributed by atoms with Crippen molar-refractivity contribution in [3.05, 3.63) is 82.2 Å². The molecule has 8 heteroatoms. The molecular weight excluding hydrogens is 434 g/mol. The van der Waals surface area contributed by atoms with E-state index in [0.29, 0.717) is 16.7 Å². The lowest BCUT2D eigenvalue weighted by atomic mass is 10.1. The van der Waals surface area contributed by atoms with Crippen molar-refractivity contribution in [2.24, 2.45) is 0 Å². The van der Waals surface area contributed by atoms with Gasteiger partial charge in [-0.05, 0) is 57.0 Å². The molecule has 0 aliphatic carbocycles. The van der Waals surface area contributed by atoms with Crippen molar-refractivity contribution in [2.45, 2.75) is 45.4 Å². The number of imidazole rings is 1. The predicted molar refractivity (Wildman–Crippen MR) is 132 cm³/mol. The van der Waals surface area contributed by atoms with Crippen LogP contribution < -0.4 is 5.56 Å². The number of rotatable bonds is 7. The summed E-state index contributed by atoms with van der Waals surface area (Å²) in [7, 11) is 0. The van der Waals surface area contributed by atoms with Crippen LogP contribution in [0.25, 0.3) is 16.6 Å². The first-order valence-corrected chi connectivity index (χ1v) is 11.8. The topological polar surface area (TPSA) is 83.9 Å². The highest BCUT2D eigenvalue weighted by Gasteiger charge is 2.20. The number of fused-ring (bicyclic) bond motifs is 1. The molecule has 0 radical (unpaired) electrons. The van der Waals surface area contributed by atoms with E-state index in [-0.39, 0.29) is 29.8 Å². The molecule has 1 N–H and O–H groups in total. The van der Waals surface area contributed by atoms with Crippen LogP contribution in [0.2, 0.25) is 0 Å². The number of benzene rings is 2. The molecule has 0 bridgehead atoms. The second-order valence-electron chi connectivity index (χ2n) is 8.30. The van der Waals surface area contributed by atoms with E-state index in [1.165, 1.54) is 17.3 Å². The van der Waals surface area contributed by atoms with Crippen molar-refractivity contribution < 1.29 is 4.79 Å². The summed E-state index contributed by atoms with van der Waals surface area (Å²) in [6.07, 6.45) is 3.66. The van der Waals surface area contributed by atoms with Gasteiger partial charge in [0.15, 0.2) is 5.16 Å². The van der Waals surface area contributed by atoms with E-state index >= 15 is 0 Å². The minimum Gasteiger partial charge on any atom is -0.332 e. The number of aromatic amines is 1. The third-order valence-corrected chi connectivity index (χ3v) is 6.43. The van der Waals surface area contributed by atoms with Gasteiger partial charge in [0.05, 0.1) is 28.9 Å². The number of nitrogens with one attached hydrogen (secondary N) is 1. The maximum atomic E-state index is 13.1. The molecule has 0 unspecified atom stereocenters. The van der Waals surface area contributed by atoms with Gasteiger partial charge in [-0.15, -0.1) is 0 Å². The minimum absolute atomic E-state index is 0.0404. The van der Waals surface area contributed by atoms with E-state index in [4.69, 9.17) is 0 Å². The number of aryl methyl sites for hydroxylation is 2. The second-order valence-corrected chi connectivity index (χ2v) is 9.25. The smallest absolute Gasteiger partial charge is 0.258 e. The average molecular weight is 462 g/mol. The first-order chi connectivity index (χ1) is 15.8. The molecule has 0 aliphatic rings. The van der Waals surface area contributed by atoms with Crippen molar-refractivity contribution in [1.82, 2.24) is 24.4 Å². The highest BCUT2D eigenvalue weighted by Crippen LogP contribution is 2.24. The van der Waals surface area contributed by atoms with Gasteiger partial charge in [0, 0.05) is 18.4 Å². The summed E-state index contributed by atoms with van der Waals surface area (Å²) in [5.41, 5.74) is 3.79. The molecule has 2 heterocycles. The number of hydrogen-bond donors (Lipinski definition) is 1. The number of thioether (sulfide) groups is 1. The van der Waals surface area contributed by atoms with Gasteiger partial charge in [-0.25, -0.2) is 9.97 Å². The van der Waals surface area contributed by atoms with E-state index in [2.05, 4.69) is 47.0 Å². The van der Waals surface area contributed by atoms with E-state index in [0.717, 1.165) is 16.4 Å². The summed E-state index contributed by atoms with van der Waals surface area (Å²) >= 11 is 1.40. The lowest BCUT2D eigenvalue weighted by Crippen LogP contribution is -2.38. The predicted octanol–water partition coefficient (Wildman–Crippen LogP) is 4.25. The Labute approximate surface area is 196 Å². The number of nitrogens with zero attached hydrogens (tertiary/aromatic N) is 4. The quantitative estimate of drug-likeness (QED) is 0.416. The maximum absolute atomic E-state index is 13.1. The molecular formula is C25H27N5O2S. The van der Waals surface area contributed by atoms with Gasteiger partial charge in [-0.2, -0.15) is 0 Å². The van der Waals surface area contributed by atoms with Crippen molar-refractivity contribution in [2.75, 3.05) is 5.75 Å². The van der Waals surface area contributed by atoms with E-state index in [1.54, 1.807) is 23.2 Å². The van der Waals surface area contributed by atoms with Crippen LogP contribution in [0.5, 0.6) is 0 Å². The number of amides is 1. The SMILES string of the molecule is Cc1ccc(C)c(-n2ccnc2SCC(=O)N(Cc2nc3ccccc3c(=O)[nH]2)C(C)C)c1. The molecule has 0 saturated heterocycles. The standard InChI is InChI=1S/C25H27N5O2S/c1-16(2)30(14-22-27-20-8-6-5-7-19(20)24(32)28-22)23(31)15-33-25-26-11-12-29(25)21-13-17(3)9-10-18(21)4/h5-13,16H,14-15H2,1-4H3,(H,27,28,32). The number of H-pyrrole nitrogens is 1. The highest BCUT2D eigenvalue weighted by molar-refractivity contribution is 7.99. The van der Waals surface area contributed by atoms with Crippen LogP contribution in [0.3, 0.4) is 0 Å². The molecule has 0 saturated carbocycles. The Morgan fingerprint density at radius 3 is 2.76 bits per heavy atom. The summed E-state index contributed by atoms with van der Waals surface area (Å²) in [6, 6.07) is 13.4. The molecule has 7 nitrogen and oxygen atoms in total. The monoisotopic (exact) mass is 461 g/mol. The molecule has 0 spiro atoms. The fourth-order valence-corrected chi connectivity index (χ4v) is 4.55. The van der Waals surface area contributed by atoms with Crippen LogP contribution >= 0.6 is 11.8 Å². The fraction of sp³-hybridized carbons (Fsp3) is 0.280. The molecule has 2 aromatic carbocycles. The number of carbonyl (C=O) groups is 1. The van der Waals surface area contributed by atoms with E-state index in [1.807, 2.05) is 36.7 Å². The third kappa shape index (κ3) is 5.01. The molecule has 2 aromatic heterocycles. The Kier molecular flexibility index (Phi) is 6.65. The Balaban J connectivity index is 1.51. The zero-order valence-corrected chi connectivity index (χ0v) is 20.0. The molecule has 170 valence electrons. The van der Waals surface area contributed by atoms with Gasteiger partial charge in [-0.3, -0.25) is 14.2 Å². The Hall–Kier alpha value is -3.39. The zero-order valence-electron chi connectivity index (χ0n) is 19.2.